The van der Waals surface area contributed by atoms with E-state index in [0.717, 1.165) is 0 Å². The van der Waals surface area contributed by atoms with E-state index >= 15 is 0 Å². The second-order valence-electron chi connectivity index (χ2n) is 5.21. The van der Waals surface area contributed by atoms with E-state index < -0.39 is 17.9 Å². The number of rotatable bonds is 4. The number of nitrogens with one attached hydrogen (secondary N) is 2. The Hall–Kier alpha value is -3.30. The van der Waals surface area contributed by atoms with Gasteiger partial charge in [-0.2, -0.15) is 0 Å². The number of aromatic carboxylic acids is 1. The van der Waals surface area contributed by atoms with Crippen molar-refractivity contribution in [1.29, 1.82) is 0 Å². The summed E-state index contributed by atoms with van der Waals surface area (Å²) >= 11 is 0. The van der Waals surface area contributed by atoms with E-state index in [2.05, 4.69) is 25.8 Å². The highest BCUT2D eigenvalue weighted by Gasteiger charge is 2.25. The molecule has 2 amide bonds. The van der Waals surface area contributed by atoms with Crippen molar-refractivity contribution >= 4 is 23.6 Å². The SMILES string of the molecule is CC(NC(=O)c1ncnc2c1CCC(=O)N2)c1cc(C(=O)O)no1. The van der Waals surface area contributed by atoms with Crippen molar-refractivity contribution in [2.24, 2.45) is 0 Å². The van der Waals surface area contributed by atoms with Crippen molar-refractivity contribution in [3.8, 4) is 0 Å². The van der Waals surface area contributed by atoms with Crippen LogP contribution in [-0.4, -0.2) is 38.0 Å². The Morgan fingerprint density at radius 2 is 2.17 bits per heavy atom. The number of carboxylic acid groups (broad SMARTS) is 1. The van der Waals surface area contributed by atoms with E-state index in [1.807, 2.05) is 0 Å². The quantitative estimate of drug-likeness (QED) is 0.735. The molecule has 3 N–H and O–H groups in total. The second-order valence-corrected chi connectivity index (χ2v) is 5.21. The predicted molar refractivity (Wildman–Crippen MR) is 78.3 cm³/mol. The zero-order valence-electron chi connectivity index (χ0n) is 12.6. The van der Waals surface area contributed by atoms with Crippen LogP contribution in [0.15, 0.2) is 16.9 Å². The monoisotopic (exact) mass is 331 g/mol. The van der Waals surface area contributed by atoms with Gasteiger partial charge in [0.05, 0.1) is 6.04 Å². The molecule has 0 radical (unpaired) electrons. The molecule has 0 spiro atoms. The van der Waals surface area contributed by atoms with Crippen LogP contribution in [0.5, 0.6) is 0 Å². The molecule has 10 nitrogen and oxygen atoms in total. The van der Waals surface area contributed by atoms with E-state index in [9.17, 15) is 14.4 Å². The van der Waals surface area contributed by atoms with Gasteiger partial charge in [0, 0.05) is 18.1 Å². The lowest BCUT2D eigenvalue weighted by molar-refractivity contribution is -0.116. The van der Waals surface area contributed by atoms with Crippen molar-refractivity contribution in [3.63, 3.8) is 0 Å². The van der Waals surface area contributed by atoms with Crippen LogP contribution in [0.2, 0.25) is 0 Å². The minimum Gasteiger partial charge on any atom is -0.476 e. The van der Waals surface area contributed by atoms with Crippen LogP contribution in [0.25, 0.3) is 0 Å². The Balaban J connectivity index is 1.78. The van der Waals surface area contributed by atoms with Gasteiger partial charge in [0.15, 0.2) is 11.5 Å². The average Bonchev–Trinajstić information content (AvgIpc) is 3.04. The van der Waals surface area contributed by atoms with Crippen molar-refractivity contribution in [1.82, 2.24) is 20.4 Å². The number of nitrogens with zero attached hydrogens (tertiary/aromatic N) is 3. The third kappa shape index (κ3) is 2.93. The highest BCUT2D eigenvalue weighted by atomic mass is 16.5. The van der Waals surface area contributed by atoms with E-state index in [1.165, 1.54) is 12.4 Å². The van der Waals surface area contributed by atoms with Crippen molar-refractivity contribution in [2.45, 2.75) is 25.8 Å². The highest BCUT2D eigenvalue weighted by Crippen LogP contribution is 2.23. The van der Waals surface area contributed by atoms with Crippen LogP contribution in [0.3, 0.4) is 0 Å². The minimum absolute atomic E-state index is 0.157. The second kappa shape index (κ2) is 6.07. The topological polar surface area (TPSA) is 147 Å². The van der Waals surface area contributed by atoms with Gasteiger partial charge in [-0.05, 0) is 13.3 Å². The van der Waals surface area contributed by atoms with E-state index in [4.69, 9.17) is 9.63 Å². The molecule has 3 rings (SSSR count). The number of aromatic nitrogens is 3. The summed E-state index contributed by atoms with van der Waals surface area (Å²) in [4.78, 5) is 42.6. The zero-order valence-corrected chi connectivity index (χ0v) is 12.6. The molecular weight excluding hydrogens is 318 g/mol. The van der Waals surface area contributed by atoms with E-state index in [-0.39, 0.29) is 29.5 Å². The van der Waals surface area contributed by atoms with Gasteiger partial charge in [0.25, 0.3) is 5.91 Å². The first-order valence-corrected chi connectivity index (χ1v) is 7.10. The summed E-state index contributed by atoms with van der Waals surface area (Å²) < 4.78 is 4.92. The summed E-state index contributed by atoms with van der Waals surface area (Å²) in [6, 6.07) is 0.630. The molecule has 1 atom stereocenters. The maximum absolute atomic E-state index is 12.4. The number of hydrogen-bond donors (Lipinski definition) is 3. The summed E-state index contributed by atoms with van der Waals surface area (Å²) in [5, 5.41) is 17.5. The number of amides is 2. The Bertz CT molecular complexity index is 831. The number of carbonyl (C=O) groups excluding carboxylic acids is 2. The molecule has 0 saturated heterocycles. The van der Waals surface area contributed by atoms with E-state index in [1.54, 1.807) is 6.92 Å². The van der Waals surface area contributed by atoms with Gasteiger partial charge in [-0.25, -0.2) is 14.8 Å². The Morgan fingerprint density at radius 3 is 2.88 bits per heavy atom. The van der Waals surface area contributed by atoms with Gasteiger partial charge in [-0.3, -0.25) is 9.59 Å². The van der Waals surface area contributed by atoms with Crippen molar-refractivity contribution < 1.29 is 24.0 Å². The summed E-state index contributed by atoms with van der Waals surface area (Å²) in [7, 11) is 0. The summed E-state index contributed by atoms with van der Waals surface area (Å²) in [6.07, 6.45) is 1.81. The predicted octanol–water partition coefficient (Wildman–Crippen LogP) is 0.539. The first kappa shape index (κ1) is 15.6. The van der Waals surface area contributed by atoms with Crippen molar-refractivity contribution in [2.75, 3.05) is 5.32 Å². The van der Waals surface area contributed by atoms with Crippen LogP contribution in [0.1, 0.15) is 51.7 Å². The number of anilines is 1. The molecule has 1 aliphatic rings. The smallest absolute Gasteiger partial charge is 0.358 e. The molecule has 0 bridgehead atoms. The lowest BCUT2D eigenvalue weighted by Gasteiger charge is -2.18. The molecule has 2 aromatic rings. The van der Waals surface area contributed by atoms with Gasteiger partial charge < -0.3 is 20.3 Å². The molecule has 0 aromatic carbocycles. The fourth-order valence-electron chi connectivity index (χ4n) is 2.32. The van der Waals surface area contributed by atoms with Crippen LogP contribution in [-0.2, 0) is 11.2 Å². The van der Waals surface area contributed by atoms with Gasteiger partial charge in [-0.1, -0.05) is 5.16 Å². The average molecular weight is 331 g/mol. The van der Waals surface area contributed by atoms with Crippen molar-refractivity contribution in [3.05, 3.63) is 35.1 Å². The Labute approximate surface area is 135 Å². The fourth-order valence-corrected chi connectivity index (χ4v) is 2.32. The molecule has 1 aliphatic heterocycles. The molecule has 24 heavy (non-hydrogen) atoms. The summed E-state index contributed by atoms with van der Waals surface area (Å²) in [5.74, 6) is -1.33. The first-order valence-electron chi connectivity index (χ1n) is 7.10. The van der Waals surface area contributed by atoms with Crippen LogP contribution >= 0.6 is 0 Å². The number of hydrogen-bond acceptors (Lipinski definition) is 7. The normalized spacial score (nSPS) is 14.5. The number of fused-ring (bicyclic) bond motifs is 1. The number of carbonyl (C=O) groups is 3. The fraction of sp³-hybridized carbons (Fsp3) is 0.286. The lowest BCUT2D eigenvalue weighted by Crippen LogP contribution is -2.30. The number of carboxylic acids is 1. The standard InChI is InChI=1S/C14H13N5O5/c1-6(9-4-8(14(22)23)19-24-9)17-13(21)11-7-2-3-10(20)18-12(7)16-5-15-11/h4-6H,2-3H2,1H3,(H,17,21)(H,22,23)(H,15,16,18,20). The molecule has 3 heterocycles. The molecule has 0 aliphatic carbocycles. The summed E-state index contributed by atoms with van der Waals surface area (Å²) in [6.45, 7) is 1.62. The third-order valence-electron chi connectivity index (χ3n) is 3.54. The van der Waals surface area contributed by atoms with Gasteiger partial charge >= 0.3 is 5.97 Å². The first-order chi connectivity index (χ1) is 11.5. The largest absolute Gasteiger partial charge is 0.476 e. The maximum Gasteiger partial charge on any atom is 0.358 e. The lowest BCUT2D eigenvalue weighted by atomic mass is 10.0. The van der Waals surface area contributed by atoms with E-state index in [0.29, 0.717) is 17.8 Å². The zero-order chi connectivity index (χ0) is 17.3. The van der Waals surface area contributed by atoms with Gasteiger partial charge in [0.1, 0.15) is 17.8 Å². The Morgan fingerprint density at radius 1 is 1.38 bits per heavy atom. The Kier molecular flexibility index (Phi) is 3.94. The third-order valence-corrected chi connectivity index (χ3v) is 3.54. The highest BCUT2D eigenvalue weighted by molar-refractivity contribution is 5.99. The molecule has 2 aromatic heterocycles. The molecule has 0 saturated carbocycles. The molecule has 10 heteroatoms. The molecule has 124 valence electrons. The molecule has 0 fully saturated rings. The molecular formula is C14H13N5O5. The van der Waals surface area contributed by atoms with Crippen LogP contribution < -0.4 is 10.6 Å². The molecule has 1 unspecified atom stereocenters. The van der Waals surface area contributed by atoms with Gasteiger partial charge in [-0.15, -0.1) is 0 Å². The minimum atomic E-state index is -1.22. The van der Waals surface area contributed by atoms with Gasteiger partial charge in [0.2, 0.25) is 5.91 Å². The summed E-state index contributed by atoms with van der Waals surface area (Å²) in [5.41, 5.74) is 0.476. The maximum atomic E-state index is 12.4. The van der Waals surface area contributed by atoms with Crippen LogP contribution in [0.4, 0.5) is 5.82 Å². The van der Waals surface area contributed by atoms with Crippen LogP contribution in [0, 0.1) is 0 Å².